The highest BCUT2D eigenvalue weighted by atomic mass is 19.1. The van der Waals surface area contributed by atoms with Gasteiger partial charge >= 0.3 is 0 Å². The lowest BCUT2D eigenvalue weighted by atomic mass is 9.87. The molecule has 0 aliphatic heterocycles. The zero-order chi connectivity index (χ0) is 16.2. The summed E-state index contributed by atoms with van der Waals surface area (Å²) >= 11 is 0. The molecule has 1 aromatic carbocycles. The smallest absolute Gasteiger partial charge is 0.225 e. The summed E-state index contributed by atoms with van der Waals surface area (Å²) in [5, 5.41) is 2.73. The molecule has 1 rings (SSSR count). The Morgan fingerprint density at radius 3 is 2.57 bits per heavy atom. The van der Waals surface area contributed by atoms with E-state index in [1.165, 1.54) is 18.2 Å². The number of carbonyl (C=O) groups is 1. The van der Waals surface area contributed by atoms with Crippen molar-refractivity contribution < 1.29 is 9.18 Å². The van der Waals surface area contributed by atoms with Crippen LogP contribution < -0.4 is 11.1 Å². The van der Waals surface area contributed by atoms with E-state index in [0.29, 0.717) is 24.7 Å². The molecule has 0 heterocycles. The molecule has 1 aromatic rings. The van der Waals surface area contributed by atoms with Crippen LogP contribution in [0.1, 0.15) is 34.1 Å². The van der Waals surface area contributed by atoms with Crippen LogP contribution >= 0.6 is 0 Å². The monoisotopic (exact) mass is 295 g/mol. The second-order valence-corrected chi connectivity index (χ2v) is 6.56. The van der Waals surface area contributed by atoms with E-state index in [9.17, 15) is 9.18 Å². The third-order valence-electron chi connectivity index (χ3n) is 3.89. The summed E-state index contributed by atoms with van der Waals surface area (Å²) in [5.74, 6) is -0.583. The number of halogens is 1. The summed E-state index contributed by atoms with van der Waals surface area (Å²) in [5.41, 5.74) is 6.19. The number of benzene rings is 1. The second-order valence-electron chi connectivity index (χ2n) is 6.56. The van der Waals surface area contributed by atoms with Crippen LogP contribution in [-0.4, -0.2) is 30.4 Å². The van der Waals surface area contributed by atoms with Crippen LogP contribution in [0.3, 0.4) is 0 Å². The average Bonchev–Trinajstić information content (AvgIpc) is 2.38. The van der Waals surface area contributed by atoms with E-state index in [2.05, 4.69) is 37.9 Å². The Kier molecular flexibility index (Phi) is 5.72. The highest BCUT2D eigenvalue weighted by molar-refractivity contribution is 5.91. The van der Waals surface area contributed by atoms with Gasteiger partial charge in [-0.2, -0.15) is 0 Å². The van der Waals surface area contributed by atoms with Gasteiger partial charge in [-0.3, -0.25) is 4.79 Å². The van der Waals surface area contributed by atoms with Crippen molar-refractivity contribution in [2.45, 2.75) is 40.2 Å². The van der Waals surface area contributed by atoms with Crippen LogP contribution in [0.25, 0.3) is 0 Å². The van der Waals surface area contributed by atoms with E-state index in [-0.39, 0.29) is 17.0 Å². The van der Waals surface area contributed by atoms with E-state index < -0.39 is 5.82 Å². The molecule has 0 aliphatic carbocycles. The maximum Gasteiger partial charge on any atom is 0.225 e. The molecule has 118 valence electrons. The first-order chi connectivity index (χ1) is 9.61. The second kappa shape index (κ2) is 6.89. The van der Waals surface area contributed by atoms with Gasteiger partial charge in [0.1, 0.15) is 5.82 Å². The fraction of sp³-hybridized carbons (Fsp3) is 0.562. The number of carbonyl (C=O) groups excluding carboxylic acids is 1. The molecule has 0 aliphatic rings. The van der Waals surface area contributed by atoms with Gasteiger partial charge in [0.25, 0.3) is 0 Å². The predicted molar refractivity (Wildman–Crippen MR) is 85.6 cm³/mol. The summed E-state index contributed by atoms with van der Waals surface area (Å²) in [7, 11) is 2.01. The number of nitrogens with zero attached hydrogens (tertiary/aromatic N) is 1. The SMILES string of the molecule is CC(N(C)CCC(=O)Nc1ccc(F)c(N)c1)C(C)(C)C. The van der Waals surface area contributed by atoms with Crippen LogP contribution in [0.15, 0.2) is 18.2 Å². The minimum absolute atomic E-state index is 0.0336. The Balaban J connectivity index is 2.49. The first kappa shape index (κ1) is 17.4. The zero-order valence-electron chi connectivity index (χ0n) is 13.5. The molecule has 0 radical (unpaired) electrons. The number of anilines is 2. The van der Waals surface area contributed by atoms with Crippen molar-refractivity contribution in [2.75, 3.05) is 24.6 Å². The predicted octanol–water partition coefficient (Wildman–Crippen LogP) is 3.10. The fourth-order valence-corrected chi connectivity index (χ4v) is 1.98. The Labute approximate surface area is 126 Å². The lowest BCUT2D eigenvalue weighted by molar-refractivity contribution is -0.116. The standard InChI is InChI=1S/C16H26FN3O/c1-11(16(2,3)4)20(5)9-8-15(21)19-12-6-7-13(17)14(18)10-12/h6-7,10-11H,8-9,18H2,1-5H3,(H,19,21). The van der Waals surface area contributed by atoms with Gasteiger partial charge in [0, 0.05) is 24.7 Å². The van der Waals surface area contributed by atoms with Crippen LogP contribution in [0.2, 0.25) is 0 Å². The molecule has 0 aromatic heterocycles. The highest BCUT2D eigenvalue weighted by Gasteiger charge is 2.23. The number of nitrogen functional groups attached to an aromatic ring is 1. The number of hydrogen-bond acceptors (Lipinski definition) is 3. The summed E-state index contributed by atoms with van der Waals surface area (Å²) in [6, 6.07) is 4.55. The van der Waals surface area contributed by atoms with Crippen LogP contribution in [0, 0.1) is 11.2 Å². The third kappa shape index (κ3) is 5.34. The first-order valence-corrected chi connectivity index (χ1v) is 7.16. The molecule has 21 heavy (non-hydrogen) atoms. The number of amides is 1. The zero-order valence-corrected chi connectivity index (χ0v) is 13.5. The van der Waals surface area contributed by atoms with Crippen molar-refractivity contribution in [3.63, 3.8) is 0 Å². The quantitative estimate of drug-likeness (QED) is 0.821. The number of nitrogens with one attached hydrogen (secondary N) is 1. The molecule has 0 saturated carbocycles. The maximum absolute atomic E-state index is 13.0. The number of rotatable bonds is 5. The van der Waals surface area contributed by atoms with Crippen LogP contribution in [-0.2, 0) is 4.79 Å². The fourth-order valence-electron chi connectivity index (χ4n) is 1.98. The van der Waals surface area contributed by atoms with Crippen molar-refractivity contribution in [1.82, 2.24) is 4.90 Å². The minimum atomic E-state index is -0.480. The highest BCUT2D eigenvalue weighted by Crippen LogP contribution is 2.23. The molecular formula is C16H26FN3O. The van der Waals surface area contributed by atoms with Gasteiger partial charge < -0.3 is 16.0 Å². The lowest BCUT2D eigenvalue weighted by Gasteiger charge is -2.35. The Morgan fingerprint density at radius 2 is 2.05 bits per heavy atom. The summed E-state index contributed by atoms with van der Waals surface area (Å²) in [6.45, 7) is 9.35. The van der Waals surface area contributed by atoms with E-state index in [1.54, 1.807) is 0 Å². The van der Waals surface area contributed by atoms with Gasteiger partial charge in [-0.25, -0.2) is 4.39 Å². The molecule has 0 saturated heterocycles. The van der Waals surface area contributed by atoms with Crippen LogP contribution in [0.4, 0.5) is 15.8 Å². The average molecular weight is 295 g/mol. The Bertz CT molecular complexity index is 497. The molecule has 0 spiro atoms. The molecule has 0 bridgehead atoms. The van der Waals surface area contributed by atoms with Crippen molar-refractivity contribution in [3.05, 3.63) is 24.0 Å². The van der Waals surface area contributed by atoms with Crippen molar-refractivity contribution in [2.24, 2.45) is 5.41 Å². The number of nitrogens with two attached hydrogens (primary N) is 1. The summed E-state index contributed by atoms with van der Waals surface area (Å²) in [4.78, 5) is 14.1. The largest absolute Gasteiger partial charge is 0.396 e. The molecule has 4 nitrogen and oxygen atoms in total. The lowest BCUT2D eigenvalue weighted by Crippen LogP contribution is -2.40. The van der Waals surface area contributed by atoms with Crippen molar-refractivity contribution in [1.29, 1.82) is 0 Å². The molecule has 5 heteroatoms. The van der Waals surface area contributed by atoms with Gasteiger partial charge in [0.05, 0.1) is 5.69 Å². The van der Waals surface area contributed by atoms with Gasteiger partial charge in [-0.1, -0.05) is 20.8 Å². The van der Waals surface area contributed by atoms with E-state index in [4.69, 9.17) is 5.73 Å². The van der Waals surface area contributed by atoms with Crippen LogP contribution in [0.5, 0.6) is 0 Å². The normalized spacial score (nSPS) is 13.3. The van der Waals surface area contributed by atoms with Gasteiger partial charge in [0.15, 0.2) is 0 Å². The van der Waals surface area contributed by atoms with Gasteiger partial charge in [0.2, 0.25) is 5.91 Å². The molecular weight excluding hydrogens is 269 g/mol. The van der Waals surface area contributed by atoms with Gasteiger partial charge in [-0.05, 0) is 37.6 Å². The minimum Gasteiger partial charge on any atom is -0.396 e. The Morgan fingerprint density at radius 1 is 1.43 bits per heavy atom. The third-order valence-corrected chi connectivity index (χ3v) is 3.89. The number of hydrogen-bond donors (Lipinski definition) is 2. The molecule has 0 fully saturated rings. The first-order valence-electron chi connectivity index (χ1n) is 7.16. The Hall–Kier alpha value is -1.62. The molecule has 1 amide bonds. The molecule has 1 atom stereocenters. The topological polar surface area (TPSA) is 58.4 Å². The van der Waals surface area contributed by atoms with Gasteiger partial charge in [-0.15, -0.1) is 0 Å². The van der Waals surface area contributed by atoms with E-state index in [0.717, 1.165) is 0 Å². The molecule has 3 N–H and O–H groups in total. The van der Waals surface area contributed by atoms with E-state index >= 15 is 0 Å². The summed E-state index contributed by atoms with van der Waals surface area (Å²) in [6.07, 6.45) is 0.383. The maximum atomic E-state index is 13.0. The van der Waals surface area contributed by atoms with Crippen molar-refractivity contribution >= 4 is 17.3 Å². The van der Waals surface area contributed by atoms with Crippen molar-refractivity contribution in [3.8, 4) is 0 Å². The van der Waals surface area contributed by atoms with E-state index in [1.807, 2.05) is 7.05 Å². The molecule has 1 unspecified atom stereocenters. The summed E-state index contributed by atoms with van der Waals surface area (Å²) < 4.78 is 13.0.